The number of carbonyl (C=O) groups is 6. The fourth-order valence-electron chi connectivity index (χ4n) is 5.13. The van der Waals surface area contributed by atoms with E-state index in [0.717, 1.165) is 6.42 Å². The molecule has 5 amide bonds. The molecule has 6 atom stereocenters. The van der Waals surface area contributed by atoms with Crippen LogP contribution >= 0.6 is 12.6 Å². The summed E-state index contributed by atoms with van der Waals surface area (Å²) < 4.78 is 0. The normalized spacial score (nSPS) is 17.3. The number of nitrogens with one attached hydrogen (secondary N) is 6. The summed E-state index contributed by atoms with van der Waals surface area (Å²) in [4.78, 5) is 77.4. The molecule has 10 N–H and O–H groups in total. The van der Waals surface area contributed by atoms with Crippen molar-refractivity contribution in [1.29, 1.82) is 0 Å². The number of carboxylic acids is 1. The van der Waals surface area contributed by atoms with Crippen LogP contribution in [0.1, 0.15) is 64.9 Å². The van der Waals surface area contributed by atoms with Gasteiger partial charge in [-0.3, -0.25) is 24.0 Å². The first kappa shape index (κ1) is 40.3. The quantitative estimate of drug-likeness (QED) is 0.0610. The topological polar surface area (TPSA) is 241 Å². The lowest BCUT2D eigenvalue weighted by Gasteiger charge is -2.26. The minimum Gasteiger partial charge on any atom is -0.508 e. The van der Waals surface area contributed by atoms with Crippen molar-refractivity contribution in [2.24, 2.45) is 11.7 Å². The number of phenolic OH excluding ortho intramolecular Hbond substituents is 1. The summed E-state index contributed by atoms with van der Waals surface area (Å²) in [5, 5.41) is 35.2. The van der Waals surface area contributed by atoms with Crippen LogP contribution in [0.15, 0.2) is 24.3 Å². The monoisotopic (exact) mass is 693 g/mol. The van der Waals surface area contributed by atoms with Gasteiger partial charge in [0.1, 0.15) is 36.0 Å². The van der Waals surface area contributed by atoms with E-state index in [1.807, 2.05) is 13.8 Å². The van der Waals surface area contributed by atoms with Crippen molar-refractivity contribution in [3.8, 4) is 5.75 Å². The zero-order chi connectivity index (χ0) is 35.8. The van der Waals surface area contributed by atoms with Gasteiger partial charge in [0.05, 0.1) is 6.04 Å². The Balaban J connectivity index is 2.09. The number of rotatable bonds is 20. The van der Waals surface area contributed by atoms with Crippen molar-refractivity contribution < 1.29 is 39.0 Å². The molecule has 48 heavy (non-hydrogen) atoms. The van der Waals surface area contributed by atoms with E-state index in [1.54, 1.807) is 12.1 Å². The molecule has 0 unspecified atom stereocenters. The zero-order valence-corrected chi connectivity index (χ0v) is 28.7. The molecule has 0 spiro atoms. The predicted octanol–water partition coefficient (Wildman–Crippen LogP) is -0.680. The Morgan fingerprint density at radius 2 is 1.46 bits per heavy atom. The second kappa shape index (κ2) is 20.5. The largest absolute Gasteiger partial charge is 0.508 e. The molecule has 15 nitrogen and oxygen atoms in total. The Morgan fingerprint density at radius 3 is 2.02 bits per heavy atom. The molecule has 0 aliphatic carbocycles. The number of carbonyl (C=O) groups excluding carboxylic acids is 5. The lowest BCUT2D eigenvalue weighted by Crippen LogP contribution is -2.59. The molecule has 1 aromatic carbocycles. The van der Waals surface area contributed by atoms with Crippen molar-refractivity contribution in [3.05, 3.63) is 29.8 Å². The number of unbranched alkanes of at least 4 members (excludes halogenated alkanes) is 1. The van der Waals surface area contributed by atoms with Crippen LogP contribution in [0, 0.1) is 5.92 Å². The number of benzene rings is 1. The van der Waals surface area contributed by atoms with Crippen molar-refractivity contribution in [3.63, 3.8) is 0 Å². The van der Waals surface area contributed by atoms with E-state index in [4.69, 9.17) is 5.73 Å². The third kappa shape index (κ3) is 13.7. The molecule has 1 fully saturated rings. The molecule has 16 heteroatoms. The number of hydrogen-bond acceptors (Lipinski definition) is 10. The maximum absolute atomic E-state index is 13.4. The molecule has 1 saturated heterocycles. The number of aliphatic carboxylic acids is 1. The summed E-state index contributed by atoms with van der Waals surface area (Å²) in [6.45, 7) is 6.12. The predicted molar refractivity (Wildman–Crippen MR) is 182 cm³/mol. The lowest BCUT2D eigenvalue weighted by atomic mass is 10.0. The molecule has 2 rings (SSSR count). The molecule has 0 radical (unpaired) electrons. The molecule has 1 aromatic rings. The first-order chi connectivity index (χ1) is 22.7. The number of nitrogens with two attached hydrogens (primary N) is 1. The summed E-state index contributed by atoms with van der Waals surface area (Å²) >= 11 is 4.19. The van der Waals surface area contributed by atoms with Gasteiger partial charge in [-0.25, -0.2) is 4.79 Å². The average molecular weight is 694 g/mol. The molecule has 1 heterocycles. The van der Waals surface area contributed by atoms with Crippen molar-refractivity contribution >= 4 is 48.1 Å². The van der Waals surface area contributed by atoms with Crippen LogP contribution in [0.5, 0.6) is 5.75 Å². The van der Waals surface area contributed by atoms with Gasteiger partial charge in [0.2, 0.25) is 29.5 Å². The average Bonchev–Trinajstić information content (AvgIpc) is 3.58. The highest BCUT2D eigenvalue weighted by atomic mass is 32.1. The molecular weight excluding hydrogens is 642 g/mol. The minimum absolute atomic E-state index is 0.00778. The van der Waals surface area contributed by atoms with Gasteiger partial charge in [0, 0.05) is 12.2 Å². The fourth-order valence-corrected chi connectivity index (χ4v) is 5.38. The molecule has 0 bridgehead atoms. The summed E-state index contributed by atoms with van der Waals surface area (Å²) in [6, 6.07) is 0.126. The zero-order valence-electron chi connectivity index (χ0n) is 27.8. The Morgan fingerprint density at radius 1 is 0.854 bits per heavy atom. The minimum atomic E-state index is -1.20. The van der Waals surface area contributed by atoms with E-state index >= 15 is 0 Å². The highest BCUT2D eigenvalue weighted by Crippen LogP contribution is 2.13. The summed E-state index contributed by atoms with van der Waals surface area (Å²) in [5.74, 6) is -4.38. The van der Waals surface area contributed by atoms with Gasteiger partial charge in [-0.2, -0.15) is 12.6 Å². The molecule has 0 saturated carbocycles. The second-order valence-corrected chi connectivity index (χ2v) is 12.8. The van der Waals surface area contributed by atoms with Crippen LogP contribution in [0.3, 0.4) is 0 Å². The van der Waals surface area contributed by atoms with Crippen molar-refractivity contribution in [2.45, 2.75) is 102 Å². The Labute approximate surface area is 286 Å². The molecular formula is C32H51N7O8S. The number of thiol groups is 1. The number of carboxylic acid groups (broad SMARTS) is 1. The summed E-state index contributed by atoms with van der Waals surface area (Å²) in [7, 11) is 0. The van der Waals surface area contributed by atoms with E-state index in [2.05, 4.69) is 44.5 Å². The molecule has 0 aromatic heterocycles. The third-order valence-corrected chi connectivity index (χ3v) is 8.22. The van der Waals surface area contributed by atoms with Gasteiger partial charge in [0.25, 0.3) is 0 Å². The fraction of sp³-hybridized carbons (Fsp3) is 0.625. The van der Waals surface area contributed by atoms with E-state index < -0.39 is 65.8 Å². The van der Waals surface area contributed by atoms with Crippen LogP contribution in [-0.4, -0.2) is 101 Å². The van der Waals surface area contributed by atoms with E-state index in [0.29, 0.717) is 37.9 Å². The van der Waals surface area contributed by atoms with Gasteiger partial charge in [-0.05, 0) is 82.2 Å². The van der Waals surface area contributed by atoms with Crippen LogP contribution < -0.4 is 37.6 Å². The van der Waals surface area contributed by atoms with Gasteiger partial charge in [0.15, 0.2) is 0 Å². The van der Waals surface area contributed by atoms with Gasteiger partial charge in [-0.15, -0.1) is 0 Å². The standard InChI is InChI=1S/C32H51N7O8S/c1-18(2)15-25(32(46)47)38-29(43)23(7-4-5-13-33)36-31(45)26(17-48)39-27(41)19(3)35-30(44)24(16-20-9-11-21(40)12-10-20)37-28(42)22-8-6-14-34-22/h9-12,18-19,22-26,34,40,48H,4-8,13-17,33H2,1-3H3,(H,35,44)(H,36,45)(H,37,42)(H,38,43)(H,39,41)(H,46,47)/t19-,22-,23-,24-,25-,26-/m0/s1. The first-order valence-corrected chi connectivity index (χ1v) is 17.0. The van der Waals surface area contributed by atoms with Gasteiger partial charge in [-0.1, -0.05) is 26.0 Å². The van der Waals surface area contributed by atoms with Crippen LogP contribution in [-0.2, 0) is 35.2 Å². The molecule has 1 aliphatic heterocycles. The van der Waals surface area contributed by atoms with Crippen molar-refractivity contribution in [2.75, 3.05) is 18.8 Å². The second-order valence-electron chi connectivity index (χ2n) is 12.4. The molecule has 268 valence electrons. The smallest absolute Gasteiger partial charge is 0.326 e. The number of phenols is 1. The van der Waals surface area contributed by atoms with E-state index in [9.17, 15) is 39.0 Å². The maximum atomic E-state index is 13.4. The van der Waals surface area contributed by atoms with E-state index in [1.165, 1.54) is 19.1 Å². The SMILES string of the molecule is CC(C)C[C@H](NC(=O)[C@H](CCCCN)NC(=O)[C@H](CS)NC(=O)[C@H](C)NC(=O)[C@H](Cc1ccc(O)cc1)NC(=O)[C@@H]1CCCN1)C(=O)O. The number of aromatic hydroxyl groups is 1. The van der Waals surface area contributed by atoms with Crippen molar-refractivity contribution in [1.82, 2.24) is 31.9 Å². The molecule has 1 aliphatic rings. The summed E-state index contributed by atoms with van der Waals surface area (Å²) in [6.07, 6.45) is 2.98. The number of amides is 5. The van der Waals surface area contributed by atoms with Gasteiger partial charge < -0.3 is 47.8 Å². The number of hydrogen-bond donors (Lipinski definition) is 10. The first-order valence-electron chi connectivity index (χ1n) is 16.3. The summed E-state index contributed by atoms with van der Waals surface area (Å²) in [5.41, 5.74) is 6.25. The van der Waals surface area contributed by atoms with E-state index in [-0.39, 0.29) is 42.6 Å². The van der Waals surface area contributed by atoms with Crippen LogP contribution in [0.25, 0.3) is 0 Å². The van der Waals surface area contributed by atoms with Crippen LogP contribution in [0.4, 0.5) is 0 Å². The van der Waals surface area contributed by atoms with Crippen LogP contribution in [0.2, 0.25) is 0 Å². The lowest BCUT2D eigenvalue weighted by molar-refractivity contribution is -0.142. The maximum Gasteiger partial charge on any atom is 0.326 e. The Kier molecular flexibility index (Phi) is 17.2. The third-order valence-electron chi connectivity index (χ3n) is 7.86. The van der Waals surface area contributed by atoms with Gasteiger partial charge >= 0.3 is 5.97 Å². The Bertz CT molecular complexity index is 1240. The Hall–Kier alpha value is -3.89. The highest BCUT2D eigenvalue weighted by molar-refractivity contribution is 7.80. The highest BCUT2D eigenvalue weighted by Gasteiger charge is 2.32.